The smallest absolute Gasteiger partial charge is 0.141 e. The van der Waals surface area contributed by atoms with Gasteiger partial charge < -0.3 is 15.3 Å². The molecule has 0 saturated heterocycles. The number of unbranched alkanes of at least 4 members (excludes halogenated alkanes) is 2. The molecule has 208 valence electrons. The fourth-order valence-electron chi connectivity index (χ4n) is 8.29. The maximum absolute atomic E-state index is 12.9. The summed E-state index contributed by atoms with van der Waals surface area (Å²) in [5.74, 6) is 1.35. The van der Waals surface area contributed by atoms with Gasteiger partial charge in [-0.05, 0) is 93.3 Å². The van der Waals surface area contributed by atoms with Crippen molar-refractivity contribution in [2.24, 2.45) is 28.1 Å². The third-order valence-corrected chi connectivity index (χ3v) is 10.6. The first-order valence-corrected chi connectivity index (χ1v) is 15.2. The van der Waals surface area contributed by atoms with E-state index in [1.54, 1.807) is 0 Å². The molecule has 4 aliphatic rings. The van der Waals surface area contributed by atoms with Crippen LogP contribution in [0.15, 0.2) is 35.5 Å². The van der Waals surface area contributed by atoms with Gasteiger partial charge in [-0.25, -0.2) is 0 Å². The van der Waals surface area contributed by atoms with Gasteiger partial charge in [0, 0.05) is 6.42 Å². The molecule has 0 radical (unpaired) electrons. The molecular formula is C33H52O4. The lowest BCUT2D eigenvalue weighted by Gasteiger charge is -2.47. The minimum atomic E-state index is -0.666. The number of fused-ring (bicyclic) bond motifs is 1. The van der Waals surface area contributed by atoms with Gasteiger partial charge in [-0.15, -0.1) is 0 Å². The summed E-state index contributed by atoms with van der Waals surface area (Å²) in [4.78, 5) is 12.9. The van der Waals surface area contributed by atoms with E-state index in [2.05, 4.69) is 45.9 Å². The minimum absolute atomic E-state index is 0.0513. The highest BCUT2D eigenvalue weighted by Crippen LogP contribution is 2.62. The predicted molar refractivity (Wildman–Crippen MR) is 150 cm³/mol. The van der Waals surface area contributed by atoms with Gasteiger partial charge in [0.1, 0.15) is 5.78 Å². The van der Waals surface area contributed by atoms with Crippen LogP contribution in [-0.4, -0.2) is 39.4 Å². The van der Waals surface area contributed by atoms with Gasteiger partial charge in [-0.3, -0.25) is 4.79 Å². The Morgan fingerprint density at radius 2 is 1.78 bits per heavy atom. The Morgan fingerprint density at radius 3 is 2.43 bits per heavy atom. The first kappa shape index (κ1) is 28.8. The molecule has 4 fully saturated rings. The molecule has 0 aromatic carbocycles. The van der Waals surface area contributed by atoms with Gasteiger partial charge in [0.2, 0.25) is 0 Å². The van der Waals surface area contributed by atoms with Crippen LogP contribution in [0.3, 0.4) is 0 Å². The normalized spacial score (nSPS) is 35.5. The highest BCUT2D eigenvalue weighted by molar-refractivity contribution is 5.88. The van der Waals surface area contributed by atoms with Crippen LogP contribution < -0.4 is 0 Å². The number of Topliss-reactive ketones (excluding diaryl/α,β-unsaturated/α-hetero) is 1. The van der Waals surface area contributed by atoms with Crippen molar-refractivity contribution in [1.82, 2.24) is 0 Å². The third kappa shape index (κ3) is 6.17. The van der Waals surface area contributed by atoms with Crippen LogP contribution >= 0.6 is 0 Å². The minimum Gasteiger partial charge on any atom is -0.393 e. The first-order valence-electron chi connectivity index (χ1n) is 15.2. The highest BCUT2D eigenvalue weighted by Gasteiger charge is 2.55. The molecule has 0 aliphatic heterocycles. The van der Waals surface area contributed by atoms with Crippen molar-refractivity contribution >= 4 is 5.78 Å². The monoisotopic (exact) mass is 512 g/mol. The van der Waals surface area contributed by atoms with Gasteiger partial charge in [0.05, 0.1) is 23.7 Å². The van der Waals surface area contributed by atoms with E-state index in [-0.39, 0.29) is 16.6 Å². The van der Waals surface area contributed by atoms with Crippen molar-refractivity contribution in [1.29, 1.82) is 0 Å². The Morgan fingerprint density at radius 1 is 1.08 bits per heavy atom. The first-order chi connectivity index (χ1) is 17.5. The summed E-state index contributed by atoms with van der Waals surface area (Å²) >= 11 is 0. The zero-order valence-corrected chi connectivity index (χ0v) is 23.8. The average molecular weight is 513 g/mol. The van der Waals surface area contributed by atoms with E-state index >= 15 is 0 Å². The maximum atomic E-state index is 12.9. The predicted octanol–water partition coefficient (Wildman–Crippen LogP) is 6.83. The second-order valence-corrected chi connectivity index (χ2v) is 13.7. The Bertz CT molecular complexity index is 895. The number of carbonyl (C=O) groups is 1. The van der Waals surface area contributed by atoms with Crippen LogP contribution in [0.25, 0.3) is 0 Å². The molecule has 3 N–H and O–H groups in total. The van der Waals surface area contributed by atoms with Crippen molar-refractivity contribution in [3.05, 3.63) is 35.5 Å². The third-order valence-electron chi connectivity index (χ3n) is 10.6. The second kappa shape index (κ2) is 11.5. The van der Waals surface area contributed by atoms with Crippen LogP contribution in [0.5, 0.6) is 0 Å². The molecule has 0 aromatic heterocycles. The van der Waals surface area contributed by atoms with Gasteiger partial charge >= 0.3 is 0 Å². The topological polar surface area (TPSA) is 77.8 Å². The Kier molecular flexibility index (Phi) is 8.93. The van der Waals surface area contributed by atoms with E-state index in [9.17, 15) is 20.1 Å². The number of allylic oxidation sites excluding steroid dienone is 4. The van der Waals surface area contributed by atoms with Crippen molar-refractivity contribution in [2.45, 2.75) is 136 Å². The van der Waals surface area contributed by atoms with Crippen LogP contribution in [0.2, 0.25) is 0 Å². The van der Waals surface area contributed by atoms with Crippen LogP contribution in [0, 0.1) is 28.1 Å². The van der Waals surface area contributed by atoms with Crippen molar-refractivity contribution in [2.75, 3.05) is 0 Å². The molecule has 4 saturated carbocycles. The van der Waals surface area contributed by atoms with Gasteiger partial charge in [0.15, 0.2) is 0 Å². The number of hydrogen-bond acceptors (Lipinski definition) is 4. The molecule has 0 spiro atoms. The number of hydrogen-bond donors (Lipinski definition) is 3. The van der Waals surface area contributed by atoms with Crippen LogP contribution in [0.1, 0.15) is 118 Å². The van der Waals surface area contributed by atoms with Gasteiger partial charge in [-0.1, -0.05) is 76.0 Å². The molecule has 4 heteroatoms. The fraction of sp³-hybridized carbons (Fsp3) is 0.788. The maximum Gasteiger partial charge on any atom is 0.141 e. The van der Waals surface area contributed by atoms with E-state index in [0.717, 1.165) is 44.1 Å². The summed E-state index contributed by atoms with van der Waals surface area (Å²) in [6, 6.07) is 0. The summed E-state index contributed by atoms with van der Waals surface area (Å²) < 4.78 is 0. The van der Waals surface area contributed by atoms with Crippen LogP contribution in [0.4, 0.5) is 0 Å². The Labute approximate surface area is 225 Å². The number of carbonyl (C=O) groups excluding carboxylic acids is 1. The molecule has 0 heterocycles. The molecule has 0 amide bonds. The molecular weight excluding hydrogens is 460 g/mol. The number of aliphatic hydroxyl groups is 3. The molecule has 37 heavy (non-hydrogen) atoms. The standard InChI is InChI=1S/C33H52O4/c1-5-6-7-10-29(36)33(18-19-33)30(37)15-17-31(2,3)28-14-13-27-24(9-8-16-32(27,28)4)12-11-23-20-25(34)22-26(35)21-23/h11-12,15,17,25-28,30,34-35,37H,5-10,13-14,16,18-22H2,1-4H3/t25-,26-,27+,28-,30-,32+/m1/s1. The zero-order chi connectivity index (χ0) is 26.8. The summed E-state index contributed by atoms with van der Waals surface area (Å²) in [6.45, 7) is 9.28. The van der Waals surface area contributed by atoms with E-state index in [4.69, 9.17) is 0 Å². The summed E-state index contributed by atoms with van der Waals surface area (Å²) in [6.07, 6.45) is 20.4. The van der Waals surface area contributed by atoms with E-state index in [0.29, 0.717) is 37.5 Å². The largest absolute Gasteiger partial charge is 0.393 e. The van der Waals surface area contributed by atoms with E-state index < -0.39 is 23.7 Å². The van der Waals surface area contributed by atoms with Crippen molar-refractivity contribution < 1.29 is 20.1 Å². The zero-order valence-electron chi connectivity index (χ0n) is 23.8. The molecule has 0 unspecified atom stereocenters. The Balaban J connectivity index is 1.44. The average Bonchev–Trinajstić information content (AvgIpc) is 3.56. The molecule has 6 atom stereocenters. The van der Waals surface area contributed by atoms with Crippen molar-refractivity contribution in [3.8, 4) is 0 Å². The lowest BCUT2D eigenvalue weighted by atomic mass is 9.57. The molecule has 0 bridgehead atoms. The van der Waals surface area contributed by atoms with E-state index in [1.165, 1.54) is 31.3 Å². The molecule has 4 nitrogen and oxygen atoms in total. The molecule has 0 aromatic rings. The second-order valence-electron chi connectivity index (χ2n) is 13.7. The summed E-state index contributed by atoms with van der Waals surface area (Å²) in [5.41, 5.74) is 2.35. The summed E-state index contributed by atoms with van der Waals surface area (Å²) in [5, 5.41) is 31.2. The molecule has 4 aliphatic carbocycles. The SMILES string of the molecule is CCCCCC(=O)C1([C@H](O)C=CC(C)(C)[C@H]2CC[C@H]3C(=CC=C4C[C@@H](O)C[C@H](O)C4)CCC[C@]23C)CC1. The quantitative estimate of drug-likeness (QED) is 0.221. The number of aliphatic hydroxyl groups excluding tert-OH is 3. The fourth-order valence-corrected chi connectivity index (χ4v) is 8.29. The lowest BCUT2D eigenvalue weighted by molar-refractivity contribution is -0.127. The highest BCUT2D eigenvalue weighted by atomic mass is 16.3. The van der Waals surface area contributed by atoms with Crippen LogP contribution in [-0.2, 0) is 4.79 Å². The number of rotatable bonds is 10. The summed E-state index contributed by atoms with van der Waals surface area (Å²) in [7, 11) is 0. The van der Waals surface area contributed by atoms with Gasteiger partial charge in [0.25, 0.3) is 0 Å². The lowest BCUT2D eigenvalue weighted by Crippen LogP contribution is -2.39. The molecule has 4 rings (SSSR count). The Hall–Kier alpha value is -1.23. The van der Waals surface area contributed by atoms with Gasteiger partial charge in [-0.2, -0.15) is 0 Å². The number of ketones is 1. The van der Waals surface area contributed by atoms with Crippen molar-refractivity contribution in [3.63, 3.8) is 0 Å². The van der Waals surface area contributed by atoms with E-state index in [1.807, 2.05) is 6.08 Å².